The minimum Gasteiger partial charge on any atom is -0.377 e. The van der Waals surface area contributed by atoms with Crippen molar-refractivity contribution in [3.63, 3.8) is 0 Å². The summed E-state index contributed by atoms with van der Waals surface area (Å²) < 4.78 is 7.24. The molecule has 2 rings (SSSR count). The van der Waals surface area contributed by atoms with Gasteiger partial charge in [-0.05, 0) is 52.7 Å². The largest absolute Gasteiger partial charge is 0.377 e. The van der Waals surface area contributed by atoms with Crippen LogP contribution in [0.25, 0.3) is 0 Å². The molecule has 136 valence electrons. The lowest BCUT2D eigenvalue weighted by Crippen LogP contribution is -2.47. The number of guanidine groups is 1. The van der Waals surface area contributed by atoms with Gasteiger partial charge in [0.25, 0.3) is 0 Å². The van der Waals surface area contributed by atoms with Crippen LogP contribution >= 0.6 is 27.3 Å². The standard InChI is InChI=1S/C18H30BrN3OS/c1-18(2,3)16-13(6-5-11-23-16)12-22-17(20-4)21-10-9-14-7-8-15(19)24-14/h7-8,13,16H,5-6,9-12H2,1-4H3,(H2,20,21,22). The zero-order valence-corrected chi connectivity index (χ0v) is 17.6. The summed E-state index contributed by atoms with van der Waals surface area (Å²) in [6.07, 6.45) is 3.68. The number of nitrogens with one attached hydrogen (secondary N) is 2. The van der Waals surface area contributed by atoms with Gasteiger partial charge in [-0.15, -0.1) is 11.3 Å². The first kappa shape index (κ1) is 19.7. The minimum absolute atomic E-state index is 0.177. The maximum absolute atomic E-state index is 6.06. The molecule has 1 aliphatic rings. The summed E-state index contributed by atoms with van der Waals surface area (Å²) in [6, 6.07) is 4.27. The van der Waals surface area contributed by atoms with Gasteiger partial charge in [-0.2, -0.15) is 0 Å². The lowest BCUT2D eigenvalue weighted by molar-refractivity contribution is -0.0835. The topological polar surface area (TPSA) is 45.7 Å². The fraction of sp³-hybridized carbons (Fsp3) is 0.722. The lowest BCUT2D eigenvalue weighted by atomic mass is 9.78. The average molecular weight is 416 g/mol. The highest BCUT2D eigenvalue weighted by atomic mass is 79.9. The summed E-state index contributed by atoms with van der Waals surface area (Å²) >= 11 is 5.29. The van der Waals surface area contributed by atoms with Crippen LogP contribution in [0.15, 0.2) is 20.9 Å². The van der Waals surface area contributed by atoms with Crippen molar-refractivity contribution in [1.29, 1.82) is 0 Å². The van der Waals surface area contributed by atoms with Crippen molar-refractivity contribution in [2.75, 3.05) is 26.7 Å². The van der Waals surface area contributed by atoms with E-state index in [9.17, 15) is 0 Å². The van der Waals surface area contributed by atoms with Gasteiger partial charge in [0.05, 0.1) is 9.89 Å². The van der Waals surface area contributed by atoms with Crippen LogP contribution in [-0.4, -0.2) is 38.8 Å². The van der Waals surface area contributed by atoms with Gasteiger partial charge in [-0.25, -0.2) is 0 Å². The molecule has 2 atom stereocenters. The SMILES string of the molecule is CN=C(NCCc1ccc(Br)s1)NCC1CCCOC1C(C)(C)C. The molecule has 1 aromatic heterocycles. The Hall–Kier alpha value is -0.590. The second-order valence-corrected chi connectivity index (χ2v) is 9.94. The fourth-order valence-corrected chi connectivity index (χ4v) is 4.73. The zero-order chi connectivity index (χ0) is 17.6. The molecule has 2 unspecified atom stereocenters. The van der Waals surface area contributed by atoms with Crippen LogP contribution in [0.4, 0.5) is 0 Å². The van der Waals surface area contributed by atoms with Crippen molar-refractivity contribution >= 4 is 33.2 Å². The monoisotopic (exact) mass is 415 g/mol. The van der Waals surface area contributed by atoms with Gasteiger partial charge in [0.1, 0.15) is 0 Å². The predicted octanol–water partition coefficient (Wildman–Crippen LogP) is 4.06. The Bertz CT molecular complexity index is 539. The van der Waals surface area contributed by atoms with E-state index in [0.29, 0.717) is 12.0 Å². The van der Waals surface area contributed by atoms with Crippen LogP contribution in [0.2, 0.25) is 0 Å². The van der Waals surface area contributed by atoms with Crippen LogP contribution in [0.3, 0.4) is 0 Å². The number of hydrogen-bond acceptors (Lipinski definition) is 3. The number of aliphatic imine (C=N–C) groups is 1. The number of hydrogen-bond donors (Lipinski definition) is 2. The van der Waals surface area contributed by atoms with E-state index in [-0.39, 0.29) is 5.41 Å². The molecule has 0 radical (unpaired) electrons. The van der Waals surface area contributed by atoms with Crippen LogP contribution in [0.5, 0.6) is 0 Å². The van der Waals surface area contributed by atoms with Gasteiger partial charge in [-0.1, -0.05) is 20.8 Å². The van der Waals surface area contributed by atoms with E-state index in [1.54, 1.807) is 11.3 Å². The van der Waals surface area contributed by atoms with Crippen molar-refractivity contribution in [2.45, 2.75) is 46.1 Å². The normalized spacial score (nSPS) is 22.5. The number of rotatable bonds is 5. The molecule has 1 saturated heterocycles. The van der Waals surface area contributed by atoms with E-state index in [0.717, 1.165) is 38.5 Å². The maximum atomic E-state index is 6.06. The van der Waals surface area contributed by atoms with E-state index >= 15 is 0 Å². The molecule has 1 aliphatic heterocycles. The van der Waals surface area contributed by atoms with Crippen molar-refractivity contribution in [3.05, 3.63) is 20.8 Å². The van der Waals surface area contributed by atoms with E-state index in [1.807, 2.05) is 7.05 Å². The summed E-state index contributed by atoms with van der Waals surface area (Å²) in [6.45, 7) is 9.48. The number of nitrogens with zero attached hydrogens (tertiary/aromatic N) is 1. The van der Waals surface area contributed by atoms with Gasteiger partial charge in [0.2, 0.25) is 0 Å². The summed E-state index contributed by atoms with van der Waals surface area (Å²) in [5.74, 6) is 1.41. The molecule has 0 spiro atoms. The molecule has 2 heterocycles. The van der Waals surface area contributed by atoms with E-state index in [2.05, 4.69) is 64.5 Å². The molecule has 24 heavy (non-hydrogen) atoms. The molecule has 2 N–H and O–H groups in total. The Morgan fingerprint density at radius 2 is 2.17 bits per heavy atom. The van der Waals surface area contributed by atoms with Crippen molar-refractivity contribution < 1.29 is 4.74 Å². The number of halogens is 1. The van der Waals surface area contributed by atoms with Gasteiger partial charge >= 0.3 is 0 Å². The van der Waals surface area contributed by atoms with Crippen LogP contribution < -0.4 is 10.6 Å². The summed E-state index contributed by atoms with van der Waals surface area (Å²) in [7, 11) is 1.83. The van der Waals surface area contributed by atoms with Crippen molar-refractivity contribution in [2.24, 2.45) is 16.3 Å². The fourth-order valence-electron chi connectivity index (χ4n) is 3.25. The molecule has 0 amide bonds. The highest BCUT2D eigenvalue weighted by Gasteiger charge is 2.35. The molecular weight excluding hydrogens is 386 g/mol. The van der Waals surface area contributed by atoms with Gasteiger partial charge in [0.15, 0.2) is 5.96 Å². The Morgan fingerprint density at radius 1 is 1.38 bits per heavy atom. The number of thiophene rings is 1. The average Bonchev–Trinajstić information content (AvgIpc) is 2.95. The van der Waals surface area contributed by atoms with Gasteiger partial charge in [0, 0.05) is 37.5 Å². The highest BCUT2D eigenvalue weighted by Crippen LogP contribution is 2.33. The first-order valence-corrected chi connectivity index (χ1v) is 10.3. The molecule has 0 saturated carbocycles. The third-order valence-electron chi connectivity index (χ3n) is 4.35. The molecule has 0 aromatic carbocycles. The minimum atomic E-state index is 0.177. The predicted molar refractivity (Wildman–Crippen MR) is 107 cm³/mol. The van der Waals surface area contributed by atoms with E-state index in [1.165, 1.54) is 15.1 Å². The van der Waals surface area contributed by atoms with E-state index in [4.69, 9.17) is 4.74 Å². The molecule has 6 heteroatoms. The quantitative estimate of drug-likeness (QED) is 0.562. The third-order valence-corrected chi connectivity index (χ3v) is 6.03. The lowest BCUT2D eigenvalue weighted by Gasteiger charge is -2.40. The summed E-state index contributed by atoms with van der Waals surface area (Å²) in [5.41, 5.74) is 0.177. The molecule has 1 aromatic rings. The van der Waals surface area contributed by atoms with Gasteiger partial charge < -0.3 is 15.4 Å². The zero-order valence-electron chi connectivity index (χ0n) is 15.2. The van der Waals surface area contributed by atoms with Crippen LogP contribution in [-0.2, 0) is 11.2 Å². The Labute approximate surface area is 158 Å². The maximum Gasteiger partial charge on any atom is 0.190 e. The molecule has 0 aliphatic carbocycles. The first-order valence-electron chi connectivity index (χ1n) is 8.70. The molecule has 4 nitrogen and oxygen atoms in total. The van der Waals surface area contributed by atoms with Crippen molar-refractivity contribution in [3.8, 4) is 0 Å². The molecule has 0 bridgehead atoms. The molecular formula is C18H30BrN3OS. The Kier molecular flexibility index (Phi) is 7.57. The Balaban J connectivity index is 1.77. The number of ether oxygens (including phenoxy) is 1. The molecule has 1 fully saturated rings. The summed E-state index contributed by atoms with van der Waals surface area (Å²) in [5, 5.41) is 6.90. The second kappa shape index (κ2) is 9.20. The van der Waals surface area contributed by atoms with E-state index < -0.39 is 0 Å². The Morgan fingerprint density at radius 3 is 2.79 bits per heavy atom. The summed E-state index contributed by atoms with van der Waals surface area (Å²) in [4.78, 5) is 5.72. The highest BCUT2D eigenvalue weighted by molar-refractivity contribution is 9.11. The van der Waals surface area contributed by atoms with Crippen LogP contribution in [0, 0.1) is 11.3 Å². The first-order chi connectivity index (χ1) is 11.4. The third kappa shape index (κ3) is 6.05. The second-order valence-electron chi connectivity index (χ2n) is 7.40. The van der Waals surface area contributed by atoms with Gasteiger partial charge in [-0.3, -0.25) is 4.99 Å². The smallest absolute Gasteiger partial charge is 0.190 e. The van der Waals surface area contributed by atoms with Crippen molar-refractivity contribution in [1.82, 2.24) is 10.6 Å². The van der Waals surface area contributed by atoms with Crippen LogP contribution in [0.1, 0.15) is 38.5 Å².